The molecule has 1 aromatic carbocycles. The Morgan fingerprint density at radius 2 is 2.12 bits per heavy atom. The summed E-state index contributed by atoms with van der Waals surface area (Å²) in [7, 11) is 1.75. The molecule has 0 spiro atoms. The minimum absolute atomic E-state index is 0.118. The van der Waals surface area contributed by atoms with Crippen molar-refractivity contribution < 1.29 is 4.79 Å². The molecule has 1 aliphatic heterocycles. The number of carbonyl (C=O) groups excluding carboxylic acids is 1. The number of nitrogens with zero attached hydrogens (tertiary/aromatic N) is 3. The van der Waals surface area contributed by atoms with Gasteiger partial charge in [0.1, 0.15) is 0 Å². The Morgan fingerprint density at radius 3 is 2.84 bits per heavy atom. The Balaban J connectivity index is 1.51. The maximum absolute atomic E-state index is 12.1. The second kappa shape index (κ2) is 8.28. The number of aromatic nitrogens is 1. The smallest absolute Gasteiger partial charge is 0.243 e. The van der Waals surface area contributed by atoms with Gasteiger partial charge in [0.2, 0.25) is 5.91 Å². The molecule has 3 rings (SSSR count). The summed E-state index contributed by atoms with van der Waals surface area (Å²) in [6, 6.07) is 14.1. The van der Waals surface area contributed by atoms with Crippen LogP contribution < -0.4 is 10.6 Å². The highest BCUT2D eigenvalue weighted by atomic mass is 16.1. The number of hydrogen-bond donors (Lipinski definition) is 2. The third kappa shape index (κ3) is 4.56. The first-order chi connectivity index (χ1) is 12.3. The topological polar surface area (TPSA) is 69.6 Å². The van der Waals surface area contributed by atoms with Crippen LogP contribution in [0.5, 0.6) is 0 Å². The van der Waals surface area contributed by atoms with Gasteiger partial charge in [0, 0.05) is 32.3 Å². The molecule has 1 aromatic heterocycles. The van der Waals surface area contributed by atoms with E-state index in [2.05, 4.69) is 49.8 Å². The molecule has 1 unspecified atom stereocenters. The molecule has 25 heavy (non-hydrogen) atoms. The molecule has 6 nitrogen and oxygen atoms in total. The molecule has 1 fully saturated rings. The van der Waals surface area contributed by atoms with Crippen molar-refractivity contribution in [2.75, 3.05) is 32.0 Å². The minimum atomic E-state index is -0.118. The zero-order chi connectivity index (χ0) is 17.5. The SMILES string of the molecule is CN=C(NCC(=O)Nc1cccnc1)N1CCC(c2ccccc2)C1. The lowest BCUT2D eigenvalue weighted by atomic mass is 9.99. The quantitative estimate of drug-likeness (QED) is 0.662. The molecule has 1 amide bonds. The van der Waals surface area contributed by atoms with E-state index in [4.69, 9.17) is 0 Å². The van der Waals surface area contributed by atoms with E-state index in [-0.39, 0.29) is 12.5 Å². The summed E-state index contributed by atoms with van der Waals surface area (Å²) in [5, 5.41) is 5.96. The predicted octanol–water partition coefficient (Wildman–Crippen LogP) is 2.08. The molecule has 2 aromatic rings. The summed E-state index contributed by atoms with van der Waals surface area (Å²) < 4.78 is 0. The summed E-state index contributed by atoms with van der Waals surface area (Å²) in [6.07, 6.45) is 4.39. The van der Waals surface area contributed by atoms with Crippen molar-refractivity contribution >= 4 is 17.6 Å². The highest BCUT2D eigenvalue weighted by molar-refractivity contribution is 5.94. The van der Waals surface area contributed by atoms with Gasteiger partial charge in [0.05, 0.1) is 18.4 Å². The first-order valence-corrected chi connectivity index (χ1v) is 8.46. The molecular weight excluding hydrogens is 314 g/mol. The minimum Gasteiger partial charge on any atom is -0.347 e. The van der Waals surface area contributed by atoms with Crippen LogP contribution in [0.3, 0.4) is 0 Å². The summed E-state index contributed by atoms with van der Waals surface area (Å²) >= 11 is 0. The van der Waals surface area contributed by atoms with Gasteiger partial charge in [-0.05, 0) is 24.1 Å². The van der Waals surface area contributed by atoms with E-state index in [9.17, 15) is 4.79 Å². The van der Waals surface area contributed by atoms with Crippen LogP contribution in [0.1, 0.15) is 17.9 Å². The van der Waals surface area contributed by atoms with Crippen molar-refractivity contribution in [1.29, 1.82) is 0 Å². The van der Waals surface area contributed by atoms with Gasteiger partial charge < -0.3 is 15.5 Å². The molecule has 2 N–H and O–H groups in total. The third-order valence-electron chi connectivity index (χ3n) is 4.32. The standard InChI is InChI=1S/C19H23N5O/c1-20-19(22-13-18(25)23-17-8-5-10-21-12-17)24-11-9-16(14-24)15-6-3-2-4-7-15/h2-8,10,12,16H,9,11,13-14H2,1H3,(H,20,22)(H,23,25). The van der Waals surface area contributed by atoms with Gasteiger partial charge in [0.15, 0.2) is 5.96 Å². The maximum Gasteiger partial charge on any atom is 0.243 e. The van der Waals surface area contributed by atoms with Crippen LogP contribution >= 0.6 is 0 Å². The van der Waals surface area contributed by atoms with E-state index in [1.165, 1.54) is 5.56 Å². The maximum atomic E-state index is 12.1. The second-order valence-electron chi connectivity index (χ2n) is 6.03. The fourth-order valence-electron chi connectivity index (χ4n) is 3.08. The zero-order valence-corrected chi connectivity index (χ0v) is 14.4. The number of benzene rings is 1. The number of carbonyl (C=O) groups is 1. The molecule has 2 heterocycles. The third-order valence-corrected chi connectivity index (χ3v) is 4.32. The van der Waals surface area contributed by atoms with Crippen molar-refractivity contribution in [2.24, 2.45) is 4.99 Å². The van der Waals surface area contributed by atoms with Crippen LogP contribution in [0.4, 0.5) is 5.69 Å². The average Bonchev–Trinajstić information content (AvgIpc) is 3.14. The largest absolute Gasteiger partial charge is 0.347 e. The number of nitrogens with one attached hydrogen (secondary N) is 2. The Bertz CT molecular complexity index is 717. The lowest BCUT2D eigenvalue weighted by Crippen LogP contribution is -2.43. The predicted molar refractivity (Wildman–Crippen MR) is 99.6 cm³/mol. The molecule has 0 aliphatic carbocycles. The van der Waals surface area contributed by atoms with Crippen LogP contribution in [0.25, 0.3) is 0 Å². The molecule has 1 saturated heterocycles. The van der Waals surface area contributed by atoms with Crippen molar-refractivity contribution in [1.82, 2.24) is 15.2 Å². The van der Waals surface area contributed by atoms with Crippen molar-refractivity contribution in [2.45, 2.75) is 12.3 Å². The van der Waals surface area contributed by atoms with Crippen molar-refractivity contribution in [3.8, 4) is 0 Å². The summed E-state index contributed by atoms with van der Waals surface area (Å²) in [6.45, 7) is 2.02. The fraction of sp³-hybridized carbons (Fsp3) is 0.316. The second-order valence-corrected chi connectivity index (χ2v) is 6.03. The summed E-state index contributed by atoms with van der Waals surface area (Å²) in [4.78, 5) is 22.6. The van der Waals surface area contributed by atoms with Gasteiger partial charge in [-0.3, -0.25) is 14.8 Å². The molecule has 130 valence electrons. The number of rotatable bonds is 4. The summed E-state index contributed by atoms with van der Waals surface area (Å²) in [5.41, 5.74) is 2.05. The van der Waals surface area contributed by atoms with Crippen LogP contribution in [-0.4, -0.2) is 48.4 Å². The Morgan fingerprint density at radius 1 is 1.28 bits per heavy atom. The van der Waals surface area contributed by atoms with Gasteiger partial charge in [-0.25, -0.2) is 0 Å². The van der Waals surface area contributed by atoms with Crippen molar-refractivity contribution in [3.05, 3.63) is 60.4 Å². The van der Waals surface area contributed by atoms with E-state index in [1.54, 1.807) is 25.5 Å². The molecule has 0 radical (unpaired) electrons. The monoisotopic (exact) mass is 337 g/mol. The normalized spacial score (nSPS) is 17.4. The summed E-state index contributed by atoms with van der Waals surface area (Å²) in [5.74, 6) is 1.15. The molecule has 1 atom stereocenters. The number of amides is 1. The Hall–Kier alpha value is -2.89. The molecule has 1 aliphatic rings. The molecule has 6 heteroatoms. The first-order valence-electron chi connectivity index (χ1n) is 8.46. The van der Waals surface area contributed by atoms with E-state index in [0.29, 0.717) is 11.6 Å². The van der Waals surface area contributed by atoms with E-state index in [0.717, 1.165) is 25.5 Å². The van der Waals surface area contributed by atoms with E-state index in [1.807, 2.05) is 12.1 Å². The zero-order valence-electron chi connectivity index (χ0n) is 14.4. The number of pyridine rings is 1. The Labute approximate surface area is 148 Å². The van der Waals surface area contributed by atoms with Gasteiger partial charge >= 0.3 is 0 Å². The lowest BCUT2D eigenvalue weighted by molar-refractivity contribution is -0.115. The molecular formula is C19H23N5O. The highest BCUT2D eigenvalue weighted by Crippen LogP contribution is 2.26. The number of anilines is 1. The highest BCUT2D eigenvalue weighted by Gasteiger charge is 2.26. The van der Waals surface area contributed by atoms with Gasteiger partial charge in [0.25, 0.3) is 0 Å². The molecule has 0 bridgehead atoms. The van der Waals surface area contributed by atoms with Gasteiger partial charge in [-0.2, -0.15) is 0 Å². The number of hydrogen-bond acceptors (Lipinski definition) is 3. The number of guanidine groups is 1. The van der Waals surface area contributed by atoms with E-state index < -0.39 is 0 Å². The lowest BCUT2D eigenvalue weighted by Gasteiger charge is -2.21. The van der Waals surface area contributed by atoms with Crippen LogP contribution in [0.2, 0.25) is 0 Å². The van der Waals surface area contributed by atoms with E-state index >= 15 is 0 Å². The molecule has 0 saturated carbocycles. The van der Waals surface area contributed by atoms with Crippen LogP contribution in [0, 0.1) is 0 Å². The van der Waals surface area contributed by atoms with Crippen molar-refractivity contribution in [3.63, 3.8) is 0 Å². The van der Waals surface area contributed by atoms with Gasteiger partial charge in [-0.15, -0.1) is 0 Å². The number of likely N-dealkylation sites (tertiary alicyclic amines) is 1. The van der Waals surface area contributed by atoms with Gasteiger partial charge in [-0.1, -0.05) is 30.3 Å². The average molecular weight is 337 g/mol. The fourth-order valence-corrected chi connectivity index (χ4v) is 3.08. The first kappa shape index (κ1) is 17.0. The van der Waals surface area contributed by atoms with Crippen LogP contribution in [0.15, 0.2) is 59.9 Å². The van der Waals surface area contributed by atoms with Crippen LogP contribution in [-0.2, 0) is 4.79 Å². The number of aliphatic imine (C=N–C) groups is 1. The Kier molecular flexibility index (Phi) is 5.61.